The van der Waals surface area contributed by atoms with E-state index in [-0.39, 0.29) is 11.0 Å². The van der Waals surface area contributed by atoms with E-state index in [9.17, 15) is 0 Å². The van der Waals surface area contributed by atoms with E-state index in [1.165, 1.54) is 5.01 Å². The average molecular weight is 281 g/mol. The van der Waals surface area contributed by atoms with Crippen molar-refractivity contribution in [3.05, 3.63) is 16.6 Å². The number of fused-ring (bicyclic) bond motifs is 1. The van der Waals surface area contributed by atoms with E-state index < -0.39 is 0 Å². The van der Waals surface area contributed by atoms with Gasteiger partial charge in [-0.2, -0.15) is 0 Å². The van der Waals surface area contributed by atoms with Crippen LogP contribution >= 0.6 is 11.3 Å². The van der Waals surface area contributed by atoms with Crippen molar-refractivity contribution in [2.45, 2.75) is 38.3 Å². The molecule has 19 heavy (non-hydrogen) atoms. The highest BCUT2D eigenvalue weighted by Crippen LogP contribution is 2.57. The molecule has 3 N–H and O–H groups in total. The lowest BCUT2D eigenvalue weighted by atomic mass is 9.48. The van der Waals surface area contributed by atoms with Crippen molar-refractivity contribution in [1.29, 1.82) is 0 Å². The Kier molecular flexibility index (Phi) is 3.41. The van der Waals surface area contributed by atoms with Gasteiger partial charge in [0.25, 0.3) is 0 Å². The highest BCUT2D eigenvalue weighted by atomic mass is 32.1. The van der Waals surface area contributed by atoms with Crippen molar-refractivity contribution >= 4 is 11.3 Å². The molecule has 4 nitrogen and oxygen atoms in total. The molecule has 0 bridgehead atoms. The van der Waals surface area contributed by atoms with Crippen LogP contribution in [-0.4, -0.2) is 36.3 Å². The molecule has 5 heteroatoms. The lowest BCUT2D eigenvalue weighted by Crippen LogP contribution is -2.78. The van der Waals surface area contributed by atoms with Gasteiger partial charge in [-0.05, 0) is 6.42 Å². The Balaban J connectivity index is 1.51. The molecule has 1 saturated heterocycles. The molecule has 3 unspecified atom stereocenters. The fourth-order valence-corrected chi connectivity index (χ4v) is 4.32. The number of thiazole rings is 1. The fraction of sp³-hybridized carbons (Fsp3) is 0.786. The molecular weight excluding hydrogens is 258 g/mol. The molecule has 2 heterocycles. The Morgan fingerprint density at radius 1 is 1.58 bits per heavy atom. The molecule has 106 valence electrons. The molecule has 3 rings (SSSR count). The van der Waals surface area contributed by atoms with E-state index in [1.807, 2.05) is 11.6 Å². The summed E-state index contributed by atoms with van der Waals surface area (Å²) in [5.74, 6) is 0.523. The number of hydrogen-bond acceptors (Lipinski definition) is 5. The van der Waals surface area contributed by atoms with Gasteiger partial charge in [0.05, 0.1) is 11.1 Å². The highest BCUT2D eigenvalue weighted by Gasteiger charge is 2.67. The maximum Gasteiger partial charge on any atom is 0.0937 e. The molecule has 1 aromatic rings. The zero-order chi connectivity index (χ0) is 13.5. The monoisotopic (exact) mass is 281 g/mol. The summed E-state index contributed by atoms with van der Waals surface area (Å²) in [5, 5.41) is 6.73. The number of nitrogens with zero attached hydrogens (tertiary/aromatic N) is 1. The molecule has 0 radical (unpaired) electrons. The van der Waals surface area contributed by atoms with E-state index in [0.29, 0.717) is 12.0 Å². The van der Waals surface area contributed by atoms with E-state index in [1.54, 1.807) is 11.3 Å². The predicted octanol–water partition coefficient (Wildman–Crippen LogP) is 1.42. The van der Waals surface area contributed by atoms with Crippen molar-refractivity contribution in [1.82, 2.24) is 10.3 Å². The van der Waals surface area contributed by atoms with E-state index in [4.69, 9.17) is 10.5 Å². The molecule has 0 amide bonds. The van der Waals surface area contributed by atoms with Crippen LogP contribution in [0.2, 0.25) is 0 Å². The lowest BCUT2D eigenvalue weighted by Gasteiger charge is -2.62. The largest absolute Gasteiger partial charge is 0.377 e. The Morgan fingerprint density at radius 3 is 3.16 bits per heavy atom. The first-order valence-electron chi connectivity index (χ1n) is 7.05. The van der Waals surface area contributed by atoms with Gasteiger partial charge in [-0.15, -0.1) is 11.3 Å². The molecule has 1 aliphatic carbocycles. The van der Waals surface area contributed by atoms with E-state index >= 15 is 0 Å². The quantitative estimate of drug-likeness (QED) is 0.801. The fourth-order valence-electron chi connectivity index (χ4n) is 3.70. The van der Waals surface area contributed by atoms with Gasteiger partial charge in [-0.3, -0.25) is 0 Å². The number of nitrogens with one attached hydrogen (secondary N) is 1. The van der Waals surface area contributed by atoms with Crippen molar-refractivity contribution < 1.29 is 4.74 Å². The molecule has 2 aliphatic rings. The minimum absolute atomic E-state index is 0.0718. The molecule has 0 aromatic carbocycles. The number of rotatable bonds is 5. The highest BCUT2D eigenvalue weighted by molar-refractivity contribution is 7.09. The minimum Gasteiger partial charge on any atom is -0.377 e. The van der Waals surface area contributed by atoms with Crippen LogP contribution in [0.1, 0.15) is 25.3 Å². The lowest BCUT2D eigenvalue weighted by molar-refractivity contribution is -0.153. The summed E-state index contributed by atoms with van der Waals surface area (Å²) in [6, 6.07) is 0. The van der Waals surface area contributed by atoms with Crippen molar-refractivity contribution in [3.63, 3.8) is 0 Å². The molecule has 2 fully saturated rings. The van der Waals surface area contributed by atoms with Gasteiger partial charge in [0.15, 0.2) is 0 Å². The second kappa shape index (κ2) is 4.81. The maximum atomic E-state index is 6.67. The Bertz CT molecular complexity index is 434. The average Bonchev–Trinajstić information content (AvgIpc) is 3.04. The Hall–Kier alpha value is -0.490. The predicted molar refractivity (Wildman–Crippen MR) is 77.2 cm³/mol. The Morgan fingerprint density at radius 2 is 2.42 bits per heavy atom. The van der Waals surface area contributed by atoms with Crippen LogP contribution < -0.4 is 11.1 Å². The Labute approximate surface area is 118 Å². The first kappa shape index (κ1) is 13.5. The normalized spacial score (nSPS) is 35.9. The van der Waals surface area contributed by atoms with E-state index in [2.05, 4.69) is 24.1 Å². The first-order valence-corrected chi connectivity index (χ1v) is 7.93. The molecule has 1 saturated carbocycles. The summed E-state index contributed by atoms with van der Waals surface area (Å²) in [5.41, 5.74) is 6.61. The van der Waals surface area contributed by atoms with Gasteiger partial charge in [0.1, 0.15) is 0 Å². The zero-order valence-electron chi connectivity index (χ0n) is 11.7. The second-order valence-corrected chi connectivity index (χ2v) is 7.28. The van der Waals surface area contributed by atoms with Gasteiger partial charge >= 0.3 is 0 Å². The van der Waals surface area contributed by atoms with Crippen LogP contribution in [0.25, 0.3) is 0 Å². The maximum absolute atomic E-state index is 6.67. The molecule has 1 aromatic heterocycles. The molecular formula is C14H23N3OS. The topological polar surface area (TPSA) is 60.2 Å². The van der Waals surface area contributed by atoms with Crippen LogP contribution in [-0.2, 0) is 11.2 Å². The summed E-state index contributed by atoms with van der Waals surface area (Å²) in [7, 11) is 0. The van der Waals surface area contributed by atoms with Gasteiger partial charge < -0.3 is 15.8 Å². The van der Waals surface area contributed by atoms with Gasteiger partial charge in [0.2, 0.25) is 0 Å². The van der Waals surface area contributed by atoms with Crippen LogP contribution in [0.4, 0.5) is 0 Å². The number of aromatic nitrogens is 1. The van der Waals surface area contributed by atoms with Crippen LogP contribution in [0.15, 0.2) is 11.6 Å². The minimum atomic E-state index is -0.128. The number of nitrogens with two attached hydrogens (primary N) is 1. The standard InChI is InChI=1S/C14H23N3OS/c1-13(2)12-10(4-7-18-12)14(13,15)9-16-5-3-11-17-6-8-19-11/h6,8,10,12,16H,3-5,7,9,15H2,1-2H3. The number of hydrogen-bond donors (Lipinski definition) is 2. The summed E-state index contributed by atoms with van der Waals surface area (Å²) < 4.78 is 5.81. The summed E-state index contributed by atoms with van der Waals surface area (Å²) in [4.78, 5) is 4.29. The van der Waals surface area contributed by atoms with Gasteiger partial charge in [-0.25, -0.2) is 4.98 Å². The second-order valence-electron chi connectivity index (χ2n) is 6.30. The molecule has 3 atom stereocenters. The number of ether oxygens (including phenoxy) is 1. The first-order chi connectivity index (χ1) is 9.06. The zero-order valence-corrected chi connectivity index (χ0v) is 12.5. The van der Waals surface area contributed by atoms with Crippen molar-refractivity contribution in [2.75, 3.05) is 19.7 Å². The summed E-state index contributed by atoms with van der Waals surface area (Å²) in [6.07, 6.45) is 4.32. The van der Waals surface area contributed by atoms with Crippen molar-refractivity contribution in [2.24, 2.45) is 17.1 Å². The SMILES string of the molecule is CC1(C)C2OCCC2C1(N)CNCCc1nccs1. The van der Waals surface area contributed by atoms with Gasteiger partial charge in [0, 0.05) is 54.6 Å². The smallest absolute Gasteiger partial charge is 0.0937 e. The van der Waals surface area contributed by atoms with Crippen LogP contribution in [0, 0.1) is 11.3 Å². The molecule has 0 spiro atoms. The van der Waals surface area contributed by atoms with Crippen molar-refractivity contribution in [3.8, 4) is 0 Å². The molecule has 1 aliphatic heterocycles. The third kappa shape index (κ3) is 2.03. The van der Waals surface area contributed by atoms with Gasteiger partial charge in [-0.1, -0.05) is 13.8 Å². The third-order valence-corrected chi connectivity index (χ3v) is 5.92. The summed E-state index contributed by atoms with van der Waals surface area (Å²) >= 11 is 1.71. The third-order valence-electron chi connectivity index (χ3n) is 5.08. The van der Waals surface area contributed by atoms with Crippen LogP contribution in [0.5, 0.6) is 0 Å². The van der Waals surface area contributed by atoms with Crippen LogP contribution in [0.3, 0.4) is 0 Å². The summed E-state index contributed by atoms with van der Waals surface area (Å²) in [6.45, 7) is 7.16. The van der Waals surface area contributed by atoms with E-state index in [0.717, 1.165) is 32.5 Å².